The van der Waals surface area contributed by atoms with Crippen molar-refractivity contribution in [2.75, 3.05) is 5.32 Å². The Labute approximate surface area is 132 Å². The van der Waals surface area contributed by atoms with E-state index in [4.69, 9.17) is 4.42 Å². The number of rotatable bonds is 6. The molecular weight excluding hydrogens is 296 g/mol. The minimum atomic E-state index is -0.0488. The van der Waals surface area contributed by atoms with Gasteiger partial charge in [-0.2, -0.15) is 0 Å². The summed E-state index contributed by atoms with van der Waals surface area (Å²) in [5.74, 6) is 0.794. The monoisotopic (exact) mass is 312 g/mol. The number of carbonyl (C=O) groups excluding carboxylic acids is 1. The molecule has 0 fully saturated rings. The highest BCUT2D eigenvalue weighted by Gasteiger charge is 2.19. The average Bonchev–Trinajstić information content (AvgIpc) is 3.21. The molecule has 22 heavy (non-hydrogen) atoms. The molecule has 0 aliphatic rings. The standard InChI is InChI=1S/C17H16N2O2S/c20-16(19-17-18-8-10-22-17)12-14(15-7-4-9-21-15)11-13-5-2-1-3-6-13/h1-10,14H,11-12H2,(H,18,19,20)/t14-/m0/s1. The van der Waals surface area contributed by atoms with Crippen LogP contribution in [0.15, 0.2) is 64.7 Å². The maximum Gasteiger partial charge on any atom is 0.226 e. The number of carbonyl (C=O) groups is 1. The van der Waals surface area contributed by atoms with Gasteiger partial charge in [-0.15, -0.1) is 11.3 Å². The maximum absolute atomic E-state index is 12.2. The zero-order valence-electron chi connectivity index (χ0n) is 11.9. The van der Waals surface area contributed by atoms with E-state index >= 15 is 0 Å². The zero-order chi connectivity index (χ0) is 15.2. The Bertz CT molecular complexity index is 694. The summed E-state index contributed by atoms with van der Waals surface area (Å²) in [6.07, 6.45) is 4.45. The molecule has 3 rings (SSSR count). The van der Waals surface area contributed by atoms with Gasteiger partial charge in [0.1, 0.15) is 5.76 Å². The molecule has 0 aliphatic heterocycles. The van der Waals surface area contributed by atoms with Crippen LogP contribution in [0.5, 0.6) is 0 Å². The molecule has 2 heterocycles. The van der Waals surface area contributed by atoms with Gasteiger partial charge in [-0.1, -0.05) is 30.3 Å². The van der Waals surface area contributed by atoms with E-state index in [1.54, 1.807) is 12.5 Å². The number of benzene rings is 1. The molecule has 2 aromatic heterocycles. The van der Waals surface area contributed by atoms with Crippen LogP contribution in [0.3, 0.4) is 0 Å². The van der Waals surface area contributed by atoms with Gasteiger partial charge in [0, 0.05) is 23.9 Å². The molecule has 112 valence electrons. The zero-order valence-corrected chi connectivity index (χ0v) is 12.8. The Kier molecular flexibility index (Phi) is 4.65. The fourth-order valence-corrected chi connectivity index (χ4v) is 2.92. The Hall–Kier alpha value is -2.40. The van der Waals surface area contributed by atoms with Crippen LogP contribution >= 0.6 is 11.3 Å². The van der Waals surface area contributed by atoms with Gasteiger partial charge in [-0.3, -0.25) is 4.79 Å². The summed E-state index contributed by atoms with van der Waals surface area (Å²) < 4.78 is 5.51. The van der Waals surface area contributed by atoms with Crippen LogP contribution in [0.4, 0.5) is 5.13 Å². The molecule has 1 aromatic carbocycles. The first-order valence-electron chi connectivity index (χ1n) is 7.08. The SMILES string of the molecule is O=C(C[C@H](Cc1ccccc1)c1ccco1)Nc1nccs1. The van der Waals surface area contributed by atoms with Crippen molar-refractivity contribution in [1.82, 2.24) is 4.98 Å². The molecule has 4 nitrogen and oxygen atoms in total. The Morgan fingerprint density at radius 2 is 2.09 bits per heavy atom. The second-order valence-corrected chi connectivity index (χ2v) is 5.89. The lowest BCUT2D eigenvalue weighted by Crippen LogP contribution is -2.16. The van der Waals surface area contributed by atoms with Gasteiger partial charge in [-0.25, -0.2) is 4.98 Å². The van der Waals surface area contributed by atoms with E-state index in [-0.39, 0.29) is 11.8 Å². The lowest BCUT2D eigenvalue weighted by molar-refractivity contribution is -0.116. The molecular formula is C17H16N2O2S. The van der Waals surface area contributed by atoms with E-state index in [0.717, 1.165) is 12.2 Å². The van der Waals surface area contributed by atoms with E-state index in [2.05, 4.69) is 22.4 Å². The molecule has 0 unspecified atom stereocenters. The van der Waals surface area contributed by atoms with Crippen molar-refractivity contribution >= 4 is 22.4 Å². The fourth-order valence-electron chi connectivity index (χ4n) is 2.37. The molecule has 0 saturated heterocycles. The third-order valence-corrected chi connectivity index (χ3v) is 4.07. The second-order valence-electron chi connectivity index (χ2n) is 4.99. The molecule has 0 aliphatic carbocycles. The van der Waals surface area contributed by atoms with Gasteiger partial charge < -0.3 is 9.73 Å². The lowest BCUT2D eigenvalue weighted by atomic mass is 9.93. The predicted octanol–water partition coefficient (Wildman–Crippen LogP) is 4.09. The van der Waals surface area contributed by atoms with Gasteiger partial charge in [0.05, 0.1) is 6.26 Å². The predicted molar refractivity (Wildman–Crippen MR) is 87.0 cm³/mol. The van der Waals surface area contributed by atoms with Crippen LogP contribution in [-0.4, -0.2) is 10.9 Å². The molecule has 0 radical (unpaired) electrons. The molecule has 0 saturated carbocycles. The van der Waals surface area contributed by atoms with Crippen molar-refractivity contribution in [3.8, 4) is 0 Å². The summed E-state index contributed by atoms with van der Waals surface area (Å²) in [7, 11) is 0. The van der Waals surface area contributed by atoms with E-state index in [1.165, 1.54) is 16.9 Å². The molecule has 3 aromatic rings. The number of thiazole rings is 1. The van der Waals surface area contributed by atoms with Crippen molar-refractivity contribution in [2.24, 2.45) is 0 Å². The van der Waals surface area contributed by atoms with Crippen molar-refractivity contribution < 1.29 is 9.21 Å². The molecule has 0 bridgehead atoms. The van der Waals surface area contributed by atoms with Crippen LogP contribution < -0.4 is 5.32 Å². The highest BCUT2D eigenvalue weighted by molar-refractivity contribution is 7.13. The van der Waals surface area contributed by atoms with E-state index in [9.17, 15) is 4.79 Å². The molecule has 5 heteroatoms. The van der Waals surface area contributed by atoms with Gasteiger partial charge in [0.25, 0.3) is 0 Å². The Morgan fingerprint density at radius 3 is 2.77 bits per heavy atom. The van der Waals surface area contributed by atoms with E-state index < -0.39 is 0 Å². The quantitative estimate of drug-likeness (QED) is 0.746. The highest BCUT2D eigenvalue weighted by atomic mass is 32.1. The number of amides is 1. The summed E-state index contributed by atoms with van der Waals surface area (Å²) in [6.45, 7) is 0. The number of furan rings is 1. The largest absolute Gasteiger partial charge is 0.469 e. The summed E-state index contributed by atoms with van der Waals surface area (Å²) >= 11 is 1.41. The van der Waals surface area contributed by atoms with Crippen LogP contribution in [0.2, 0.25) is 0 Å². The average molecular weight is 312 g/mol. The minimum Gasteiger partial charge on any atom is -0.469 e. The summed E-state index contributed by atoms with van der Waals surface area (Å²) in [5, 5.41) is 5.29. The first kappa shape index (κ1) is 14.5. The highest BCUT2D eigenvalue weighted by Crippen LogP contribution is 2.25. The van der Waals surface area contributed by atoms with E-state index in [1.807, 2.05) is 35.7 Å². The smallest absolute Gasteiger partial charge is 0.226 e. The Balaban J connectivity index is 1.70. The van der Waals surface area contributed by atoms with Gasteiger partial charge in [-0.05, 0) is 24.1 Å². The minimum absolute atomic E-state index is 0.0114. The number of hydrogen-bond donors (Lipinski definition) is 1. The lowest BCUT2D eigenvalue weighted by Gasteiger charge is -2.14. The number of nitrogens with zero attached hydrogens (tertiary/aromatic N) is 1. The van der Waals surface area contributed by atoms with E-state index in [0.29, 0.717) is 11.6 Å². The molecule has 1 atom stereocenters. The molecule has 1 amide bonds. The normalized spacial score (nSPS) is 12.0. The third kappa shape index (κ3) is 3.83. The van der Waals surface area contributed by atoms with Crippen molar-refractivity contribution in [1.29, 1.82) is 0 Å². The third-order valence-electron chi connectivity index (χ3n) is 3.38. The van der Waals surface area contributed by atoms with Crippen molar-refractivity contribution in [3.05, 3.63) is 71.6 Å². The van der Waals surface area contributed by atoms with Crippen molar-refractivity contribution in [3.63, 3.8) is 0 Å². The first-order valence-corrected chi connectivity index (χ1v) is 7.96. The molecule has 0 spiro atoms. The molecule has 1 N–H and O–H groups in total. The van der Waals surface area contributed by atoms with Crippen LogP contribution in [0, 0.1) is 0 Å². The van der Waals surface area contributed by atoms with Crippen LogP contribution in [0.25, 0.3) is 0 Å². The summed E-state index contributed by atoms with van der Waals surface area (Å²) in [5.41, 5.74) is 1.19. The number of anilines is 1. The van der Waals surface area contributed by atoms with Gasteiger partial charge in [0.2, 0.25) is 5.91 Å². The Morgan fingerprint density at radius 1 is 1.23 bits per heavy atom. The topological polar surface area (TPSA) is 55.1 Å². The van der Waals surface area contributed by atoms with Gasteiger partial charge >= 0.3 is 0 Å². The summed E-state index contributed by atoms with van der Waals surface area (Å²) in [4.78, 5) is 16.3. The van der Waals surface area contributed by atoms with Crippen LogP contribution in [0.1, 0.15) is 23.7 Å². The first-order chi connectivity index (χ1) is 10.8. The fraction of sp³-hybridized carbons (Fsp3) is 0.176. The number of aromatic nitrogens is 1. The van der Waals surface area contributed by atoms with Crippen molar-refractivity contribution in [2.45, 2.75) is 18.8 Å². The summed E-state index contributed by atoms with van der Waals surface area (Å²) in [6, 6.07) is 13.9. The second kappa shape index (κ2) is 7.04. The number of nitrogens with one attached hydrogen (secondary N) is 1. The van der Waals surface area contributed by atoms with Crippen LogP contribution in [-0.2, 0) is 11.2 Å². The van der Waals surface area contributed by atoms with Gasteiger partial charge in [0.15, 0.2) is 5.13 Å². The maximum atomic E-state index is 12.2. The number of hydrogen-bond acceptors (Lipinski definition) is 4.